The number of carbonyl (C=O) groups is 1. The van der Waals surface area contributed by atoms with E-state index in [-0.39, 0.29) is 17.3 Å². The van der Waals surface area contributed by atoms with Crippen LogP contribution < -0.4 is 10.0 Å². The van der Waals surface area contributed by atoms with Crippen LogP contribution in [0.25, 0.3) is 0 Å². The number of piperidine rings is 1. The van der Waals surface area contributed by atoms with Gasteiger partial charge in [-0.25, -0.2) is 13.1 Å². The van der Waals surface area contributed by atoms with E-state index in [0.717, 1.165) is 37.9 Å². The number of benzene rings is 1. The van der Waals surface area contributed by atoms with E-state index in [2.05, 4.69) is 22.0 Å². The number of hydrogen-bond acceptors (Lipinski definition) is 5. The molecule has 2 N–H and O–H groups in total. The van der Waals surface area contributed by atoms with Gasteiger partial charge in [-0.1, -0.05) is 6.07 Å². The van der Waals surface area contributed by atoms with E-state index in [4.69, 9.17) is 4.42 Å². The number of furan rings is 1. The predicted molar refractivity (Wildman–Crippen MR) is 111 cm³/mol. The molecule has 1 aromatic carbocycles. The van der Waals surface area contributed by atoms with Gasteiger partial charge >= 0.3 is 0 Å². The predicted octanol–water partition coefficient (Wildman–Crippen LogP) is 2.53. The minimum Gasteiger partial charge on any atom is -0.468 e. The lowest BCUT2D eigenvalue weighted by Crippen LogP contribution is -2.33. The van der Waals surface area contributed by atoms with E-state index < -0.39 is 10.0 Å². The molecule has 0 bridgehead atoms. The average molecular weight is 420 g/mol. The summed E-state index contributed by atoms with van der Waals surface area (Å²) in [5.41, 5.74) is 1.13. The summed E-state index contributed by atoms with van der Waals surface area (Å²) in [5.74, 6) is 0.913. The molecule has 1 amide bonds. The Hall–Kier alpha value is -2.16. The van der Waals surface area contributed by atoms with Crippen LogP contribution in [0.5, 0.6) is 0 Å². The molecule has 0 saturated carbocycles. The van der Waals surface area contributed by atoms with E-state index in [1.54, 1.807) is 25.1 Å². The van der Waals surface area contributed by atoms with Crippen LogP contribution in [0.3, 0.4) is 0 Å². The van der Waals surface area contributed by atoms with Gasteiger partial charge in [0.25, 0.3) is 5.91 Å². The molecule has 1 aromatic heterocycles. The fourth-order valence-electron chi connectivity index (χ4n) is 3.51. The smallest absolute Gasteiger partial charge is 0.251 e. The zero-order valence-corrected chi connectivity index (χ0v) is 17.8. The first kappa shape index (κ1) is 21.5. The third-order valence-corrected chi connectivity index (χ3v) is 6.86. The lowest BCUT2D eigenvalue weighted by atomic mass is 9.94. The van der Waals surface area contributed by atoms with Crippen LogP contribution in [0.1, 0.15) is 40.9 Å². The standard InChI is InChI=1S/C21H29N3O4S/c1-16-5-6-19(29(26,27)23-15-18-4-3-13-28-18)14-20(16)21(25)22-10-7-17-8-11-24(2)12-9-17/h3-6,13-14,17,23H,7-12,15H2,1-2H3,(H,22,25). The van der Waals surface area contributed by atoms with Crippen molar-refractivity contribution in [1.82, 2.24) is 14.9 Å². The fourth-order valence-corrected chi connectivity index (χ4v) is 4.53. The number of sulfonamides is 1. The Morgan fingerprint density at radius 2 is 2.00 bits per heavy atom. The molecular formula is C21H29N3O4S. The van der Waals surface area contributed by atoms with Crippen LogP contribution in [0, 0.1) is 12.8 Å². The van der Waals surface area contributed by atoms with Gasteiger partial charge in [-0.2, -0.15) is 0 Å². The van der Waals surface area contributed by atoms with Crippen LogP contribution in [-0.2, 0) is 16.6 Å². The zero-order valence-electron chi connectivity index (χ0n) is 17.0. The van der Waals surface area contributed by atoms with Crippen molar-refractivity contribution in [3.8, 4) is 0 Å². The molecule has 3 rings (SSSR count). The summed E-state index contributed by atoms with van der Waals surface area (Å²) < 4.78 is 32.8. The first-order chi connectivity index (χ1) is 13.8. The SMILES string of the molecule is Cc1ccc(S(=O)(=O)NCc2ccco2)cc1C(=O)NCCC1CCN(C)CC1. The lowest BCUT2D eigenvalue weighted by molar-refractivity contribution is 0.0948. The summed E-state index contributed by atoms with van der Waals surface area (Å²) in [6.45, 7) is 4.66. The lowest BCUT2D eigenvalue weighted by Gasteiger charge is -2.28. The quantitative estimate of drug-likeness (QED) is 0.686. The highest BCUT2D eigenvalue weighted by atomic mass is 32.2. The van der Waals surface area contributed by atoms with Crippen LogP contribution in [0.15, 0.2) is 45.9 Å². The maximum absolute atomic E-state index is 12.6. The van der Waals surface area contributed by atoms with Gasteiger partial charge in [0.05, 0.1) is 17.7 Å². The second-order valence-corrected chi connectivity index (χ2v) is 9.44. The first-order valence-electron chi connectivity index (χ1n) is 9.94. The average Bonchev–Trinajstić information content (AvgIpc) is 3.22. The Morgan fingerprint density at radius 3 is 2.69 bits per heavy atom. The normalized spacial score (nSPS) is 16.1. The number of aryl methyl sites for hydroxylation is 1. The largest absolute Gasteiger partial charge is 0.468 e. The second kappa shape index (κ2) is 9.56. The van der Waals surface area contributed by atoms with E-state index in [1.807, 2.05) is 0 Å². The third kappa shape index (κ3) is 5.91. The van der Waals surface area contributed by atoms with Gasteiger partial charge in [0.15, 0.2) is 0 Å². The van der Waals surface area contributed by atoms with Gasteiger partial charge in [0.1, 0.15) is 5.76 Å². The maximum atomic E-state index is 12.6. The van der Waals surface area contributed by atoms with E-state index in [1.165, 1.54) is 18.4 Å². The number of nitrogens with zero attached hydrogens (tertiary/aromatic N) is 1. The van der Waals surface area contributed by atoms with Crippen LogP contribution >= 0.6 is 0 Å². The number of likely N-dealkylation sites (tertiary alicyclic amines) is 1. The Labute approximate surface area is 172 Å². The minimum atomic E-state index is -3.75. The molecule has 1 fully saturated rings. The Morgan fingerprint density at radius 1 is 1.24 bits per heavy atom. The number of carbonyl (C=O) groups excluding carboxylic acids is 1. The molecule has 1 saturated heterocycles. The summed E-state index contributed by atoms with van der Waals surface area (Å²) >= 11 is 0. The molecule has 8 heteroatoms. The number of hydrogen-bond donors (Lipinski definition) is 2. The highest BCUT2D eigenvalue weighted by molar-refractivity contribution is 7.89. The van der Waals surface area contributed by atoms with Crippen molar-refractivity contribution < 1.29 is 17.6 Å². The van der Waals surface area contributed by atoms with Crippen molar-refractivity contribution in [2.75, 3.05) is 26.7 Å². The molecule has 2 aromatic rings. The molecule has 0 aliphatic carbocycles. The van der Waals surface area contributed by atoms with Gasteiger partial charge in [0, 0.05) is 12.1 Å². The van der Waals surface area contributed by atoms with Crippen molar-refractivity contribution in [1.29, 1.82) is 0 Å². The molecular weight excluding hydrogens is 390 g/mol. The van der Waals surface area contributed by atoms with E-state index in [9.17, 15) is 13.2 Å². The van der Waals surface area contributed by atoms with Crippen molar-refractivity contribution in [2.45, 2.75) is 37.6 Å². The summed E-state index contributed by atoms with van der Waals surface area (Å²) in [5, 5.41) is 2.95. The third-order valence-electron chi connectivity index (χ3n) is 5.46. The Kier molecular flexibility index (Phi) is 7.10. The maximum Gasteiger partial charge on any atom is 0.251 e. The summed E-state index contributed by atoms with van der Waals surface area (Å²) in [7, 11) is -1.62. The van der Waals surface area contributed by atoms with Crippen LogP contribution in [-0.4, -0.2) is 45.9 Å². The van der Waals surface area contributed by atoms with Gasteiger partial charge in [-0.15, -0.1) is 0 Å². The zero-order chi connectivity index (χ0) is 20.9. The van der Waals surface area contributed by atoms with Crippen LogP contribution in [0.4, 0.5) is 0 Å². The number of amides is 1. The van der Waals surface area contributed by atoms with Crippen molar-refractivity contribution >= 4 is 15.9 Å². The Balaban J connectivity index is 1.59. The molecule has 0 atom stereocenters. The van der Waals surface area contributed by atoms with Gasteiger partial charge < -0.3 is 14.6 Å². The molecule has 0 spiro atoms. The molecule has 1 aliphatic heterocycles. The van der Waals surface area contributed by atoms with Gasteiger partial charge in [-0.05, 0) is 82.1 Å². The summed E-state index contributed by atoms with van der Waals surface area (Å²) in [6, 6.07) is 8.00. The van der Waals surface area contributed by atoms with Crippen molar-refractivity contribution in [3.05, 3.63) is 53.5 Å². The monoisotopic (exact) mass is 419 g/mol. The van der Waals surface area contributed by atoms with Crippen molar-refractivity contribution in [3.63, 3.8) is 0 Å². The van der Waals surface area contributed by atoms with E-state index >= 15 is 0 Å². The minimum absolute atomic E-state index is 0.0569. The number of rotatable bonds is 8. The summed E-state index contributed by atoms with van der Waals surface area (Å²) in [4.78, 5) is 15.0. The molecule has 0 unspecified atom stereocenters. The molecule has 29 heavy (non-hydrogen) atoms. The topological polar surface area (TPSA) is 91.6 Å². The summed E-state index contributed by atoms with van der Waals surface area (Å²) in [6.07, 6.45) is 4.74. The molecule has 2 heterocycles. The van der Waals surface area contributed by atoms with Crippen LogP contribution in [0.2, 0.25) is 0 Å². The molecule has 0 radical (unpaired) electrons. The van der Waals surface area contributed by atoms with Gasteiger partial charge in [0.2, 0.25) is 10.0 Å². The molecule has 158 valence electrons. The molecule has 1 aliphatic rings. The molecule has 7 nitrogen and oxygen atoms in total. The van der Waals surface area contributed by atoms with E-state index in [0.29, 0.717) is 23.8 Å². The highest BCUT2D eigenvalue weighted by Gasteiger charge is 2.20. The fraction of sp³-hybridized carbons (Fsp3) is 0.476. The number of nitrogens with one attached hydrogen (secondary N) is 2. The van der Waals surface area contributed by atoms with Crippen molar-refractivity contribution in [2.24, 2.45) is 5.92 Å². The highest BCUT2D eigenvalue weighted by Crippen LogP contribution is 2.19. The second-order valence-electron chi connectivity index (χ2n) is 7.67. The Bertz CT molecular complexity index is 917. The first-order valence-corrected chi connectivity index (χ1v) is 11.4. The van der Waals surface area contributed by atoms with Gasteiger partial charge in [-0.3, -0.25) is 4.79 Å².